The fourth-order valence-electron chi connectivity index (χ4n) is 1.68. The first kappa shape index (κ1) is 12.3. The van der Waals surface area contributed by atoms with E-state index in [1.165, 1.54) is 0 Å². The molecule has 0 fully saturated rings. The summed E-state index contributed by atoms with van der Waals surface area (Å²) in [5.74, 6) is -0.114. The summed E-state index contributed by atoms with van der Waals surface area (Å²) in [6.45, 7) is 0.855. The molecule has 0 aliphatic rings. The molecule has 0 unspecified atom stereocenters. The summed E-state index contributed by atoms with van der Waals surface area (Å²) in [6.07, 6.45) is 1.65. The zero-order chi connectivity index (χ0) is 12.8. The second-order valence-electron chi connectivity index (χ2n) is 3.85. The van der Waals surface area contributed by atoms with Crippen LogP contribution in [0.15, 0.2) is 36.5 Å². The summed E-state index contributed by atoms with van der Waals surface area (Å²) in [6, 6.07) is 9.22. The highest BCUT2D eigenvalue weighted by molar-refractivity contribution is 5.95. The number of aromatic nitrogens is 2. The number of carbonyl (C=O) groups excluding carboxylic acids is 1. The van der Waals surface area contributed by atoms with Crippen LogP contribution in [0.4, 0.5) is 0 Å². The van der Waals surface area contributed by atoms with Gasteiger partial charge < -0.3 is 10.1 Å². The molecule has 1 aromatic heterocycles. The molecule has 2 aromatic rings. The normalized spacial score (nSPS) is 10.3. The van der Waals surface area contributed by atoms with Crippen molar-refractivity contribution in [3.8, 4) is 0 Å². The lowest BCUT2D eigenvalue weighted by atomic mass is 10.1. The Morgan fingerprint density at radius 1 is 1.39 bits per heavy atom. The molecule has 0 aliphatic heterocycles. The molecule has 1 aromatic carbocycles. The lowest BCUT2D eigenvalue weighted by molar-refractivity contribution is 0.0945. The summed E-state index contributed by atoms with van der Waals surface area (Å²) >= 11 is 0. The van der Waals surface area contributed by atoms with E-state index in [2.05, 4.69) is 15.5 Å². The van der Waals surface area contributed by atoms with Crippen LogP contribution in [0.5, 0.6) is 0 Å². The first-order valence-electron chi connectivity index (χ1n) is 5.64. The Balaban J connectivity index is 2.04. The van der Waals surface area contributed by atoms with Crippen molar-refractivity contribution in [2.24, 2.45) is 0 Å². The van der Waals surface area contributed by atoms with Crippen molar-refractivity contribution in [2.75, 3.05) is 7.11 Å². The predicted molar refractivity (Wildman–Crippen MR) is 66.9 cm³/mol. The number of benzene rings is 1. The van der Waals surface area contributed by atoms with Crippen LogP contribution in [0.25, 0.3) is 0 Å². The SMILES string of the molecule is COCc1ccccc1C(=O)NCc1ccn[nH]1. The number of nitrogens with zero attached hydrogens (tertiary/aromatic N) is 1. The highest BCUT2D eigenvalue weighted by Gasteiger charge is 2.10. The topological polar surface area (TPSA) is 67.0 Å². The molecular weight excluding hydrogens is 230 g/mol. The standard InChI is InChI=1S/C13H15N3O2/c1-18-9-10-4-2-3-5-12(10)13(17)14-8-11-6-7-15-16-11/h2-7H,8-9H2,1H3,(H,14,17)(H,15,16). The fourth-order valence-corrected chi connectivity index (χ4v) is 1.68. The number of nitrogens with one attached hydrogen (secondary N) is 2. The Hall–Kier alpha value is -2.14. The van der Waals surface area contributed by atoms with Gasteiger partial charge in [-0.25, -0.2) is 0 Å². The molecule has 0 bridgehead atoms. The summed E-state index contributed by atoms with van der Waals surface area (Å²) in [4.78, 5) is 12.0. The van der Waals surface area contributed by atoms with Crippen molar-refractivity contribution in [2.45, 2.75) is 13.2 Å². The van der Waals surface area contributed by atoms with Gasteiger partial charge in [-0.05, 0) is 17.7 Å². The second-order valence-corrected chi connectivity index (χ2v) is 3.85. The molecule has 0 saturated heterocycles. The van der Waals surface area contributed by atoms with Gasteiger partial charge in [-0.2, -0.15) is 5.10 Å². The van der Waals surface area contributed by atoms with Crippen molar-refractivity contribution in [1.82, 2.24) is 15.5 Å². The van der Waals surface area contributed by atoms with E-state index in [4.69, 9.17) is 4.74 Å². The van der Waals surface area contributed by atoms with Gasteiger partial charge in [0.05, 0.1) is 18.8 Å². The maximum Gasteiger partial charge on any atom is 0.251 e. The van der Waals surface area contributed by atoms with Crippen LogP contribution >= 0.6 is 0 Å². The number of hydrogen-bond donors (Lipinski definition) is 2. The van der Waals surface area contributed by atoms with E-state index < -0.39 is 0 Å². The average Bonchev–Trinajstić information content (AvgIpc) is 2.90. The Kier molecular flexibility index (Phi) is 4.09. The van der Waals surface area contributed by atoms with E-state index in [1.807, 2.05) is 24.3 Å². The molecule has 0 saturated carbocycles. The molecule has 2 rings (SSSR count). The molecule has 0 aliphatic carbocycles. The van der Waals surface area contributed by atoms with Crippen LogP contribution in [0, 0.1) is 0 Å². The molecule has 0 radical (unpaired) electrons. The Bertz CT molecular complexity index is 509. The van der Waals surface area contributed by atoms with E-state index in [0.717, 1.165) is 11.3 Å². The van der Waals surface area contributed by atoms with Crippen LogP contribution in [-0.2, 0) is 17.9 Å². The van der Waals surface area contributed by atoms with E-state index in [1.54, 1.807) is 19.4 Å². The van der Waals surface area contributed by atoms with Gasteiger partial charge in [0.1, 0.15) is 0 Å². The Labute approximate surface area is 105 Å². The van der Waals surface area contributed by atoms with E-state index in [-0.39, 0.29) is 5.91 Å². The highest BCUT2D eigenvalue weighted by Crippen LogP contribution is 2.10. The van der Waals surface area contributed by atoms with Crippen LogP contribution in [0.3, 0.4) is 0 Å². The molecule has 18 heavy (non-hydrogen) atoms. The molecule has 94 valence electrons. The predicted octanol–water partition coefficient (Wildman–Crippen LogP) is 1.49. The number of rotatable bonds is 5. The van der Waals surface area contributed by atoms with Crippen molar-refractivity contribution in [1.29, 1.82) is 0 Å². The lowest BCUT2D eigenvalue weighted by Gasteiger charge is -2.08. The quantitative estimate of drug-likeness (QED) is 0.838. The smallest absolute Gasteiger partial charge is 0.251 e. The number of ether oxygens (including phenoxy) is 1. The maximum atomic E-state index is 12.0. The van der Waals surface area contributed by atoms with Gasteiger partial charge >= 0.3 is 0 Å². The van der Waals surface area contributed by atoms with Crippen LogP contribution in [-0.4, -0.2) is 23.2 Å². The van der Waals surface area contributed by atoms with Gasteiger partial charge in [0.2, 0.25) is 0 Å². The molecule has 1 heterocycles. The zero-order valence-electron chi connectivity index (χ0n) is 10.1. The number of aromatic amines is 1. The van der Waals surface area contributed by atoms with E-state index >= 15 is 0 Å². The minimum atomic E-state index is -0.114. The third-order valence-electron chi connectivity index (χ3n) is 2.56. The van der Waals surface area contributed by atoms with Gasteiger partial charge in [-0.3, -0.25) is 9.89 Å². The number of hydrogen-bond acceptors (Lipinski definition) is 3. The molecular formula is C13H15N3O2. The first-order valence-corrected chi connectivity index (χ1v) is 5.64. The maximum absolute atomic E-state index is 12.0. The van der Waals surface area contributed by atoms with E-state index in [0.29, 0.717) is 18.7 Å². The minimum absolute atomic E-state index is 0.114. The zero-order valence-corrected chi connectivity index (χ0v) is 10.1. The number of H-pyrrole nitrogens is 1. The second kappa shape index (κ2) is 5.97. The minimum Gasteiger partial charge on any atom is -0.380 e. The number of methoxy groups -OCH3 is 1. The fraction of sp³-hybridized carbons (Fsp3) is 0.231. The monoisotopic (exact) mass is 245 g/mol. The molecule has 5 nitrogen and oxygen atoms in total. The van der Waals surface area contributed by atoms with Gasteiger partial charge in [0, 0.05) is 18.9 Å². The first-order chi connectivity index (χ1) is 8.81. The number of carbonyl (C=O) groups is 1. The third-order valence-corrected chi connectivity index (χ3v) is 2.56. The van der Waals surface area contributed by atoms with Gasteiger partial charge in [-0.1, -0.05) is 18.2 Å². The average molecular weight is 245 g/mol. The largest absolute Gasteiger partial charge is 0.380 e. The summed E-state index contributed by atoms with van der Waals surface area (Å²) in [5.41, 5.74) is 2.38. The Morgan fingerprint density at radius 2 is 2.22 bits per heavy atom. The lowest BCUT2D eigenvalue weighted by Crippen LogP contribution is -2.24. The van der Waals surface area contributed by atoms with Gasteiger partial charge in [0.15, 0.2) is 0 Å². The van der Waals surface area contributed by atoms with Gasteiger partial charge in [-0.15, -0.1) is 0 Å². The molecule has 2 N–H and O–H groups in total. The van der Waals surface area contributed by atoms with E-state index in [9.17, 15) is 4.79 Å². The van der Waals surface area contributed by atoms with Crippen LogP contribution in [0.1, 0.15) is 21.6 Å². The summed E-state index contributed by atoms with van der Waals surface area (Å²) < 4.78 is 5.07. The molecule has 0 spiro atoms. The van der Waals surface area contributed by atoms with Crippen molar-refractivity contribution in [3.05, 3.63) is 53.3 Å². The van der Waals surface area contributed by atoms with Crippen LogP contribution in [0.2, 0.25) is 0 Å². The van der Waals surface area contributed by atoms with Crippen molar-refractivity contribution < 1.29 is 9.53 Å². The molecule has 1 amide bonds. The molecule has 0 atom stereocenters. The van der Waals surface area contributed by atoms with Crippen molar-refractivity contribution in [3.63, 3.8) is 0 Å². The van der Waals surface area contributed by atoms with Crippen LogP contribution < -0.4 is 5.32 Å². The van der Waals surface area contributed by atoms with Gasteiger partial charge in [0.25, 0.3) is 5.91 Å². The third kappa shape index (κ3) is 2.95. The summed E-state index contributed by atoms with van der Waals surface area (Å²) in [5, 5.41) is 9.45. The number of amides is 1. The molecule has 5 heteroatoms. The summed E-state index contributed by atoms with van der Waals surface area (Å²) in [7, 11) is 1.61. The van der Waals surface area contributed by atoms with Crippen molar-refractivity contribution >= 4 is 5.91 Å². The highest BCUT2D eigenvalue weighted by atomic mass is 16.5. The Morgan fingerprint density at radius 3 is 2.94 bits per heavy atom.